The minimum absolute atomic E-state index is 0.234. The van der Waals surface area contributed by atoms with Crippen LogP contribution in [0, 0.1) is 11.8 Å². The van der Waals surface area contributed by atoms with Crippen LogP contribution in [-0.2, 0) is 15.1 Å². The van der Waals surface area contributed by atoms with Gasteiger partial charge in [0.25, 0.3) is 0 Å². The molecule has 2 aromatic heterocycles. The Bertz CT molecular complexity index is 1230. The van der Waals surface area contributed by atoms with Gasteiger partial charge in [-0.05, 0) is 71.4 Å². The van der Waals surface area contributed by atoms with Crippen molar-refractivity contribution in [1.29, 1.82) is 0 Å². The van der Waals surface area contributed by atoms with Crippen molar-refractivity contribution in [2.24, 2.45) is 16.9 Å². The predicted molar refractivity (Wildman–Crippen MR) is 166 cm³/mol. The first kappa shape index (κ1) is 29.5. The Labute approximate surface area is 246 Å². The number of hydrogen-bond donors (Lipinski definition) is 0. The second-order valence-electron chi connectivity index (χ2n) is 12.3. The number of piperazine rings is 1. The number of hydrogen-bond acceptors (Lipinski definition) is 6. The Kier molecular flexibility index (Phi) is 9.00. The first-order chi connectivity index (χ1) is 19.8. The van der Waals surface area contributed by atoms with Crippen molar-refractivity contribution in [1.82, 2.24) is 24.4 Å². The van der Waals surface area contributed by atoms with Crippen molar-refractivity contribution < 1.29 is 9.53 Å². The summed E-state index contributed by atoms with van der Waals surface area (Å²) in [4.78, 5) is 24.7. The van der Waals surface area contributed by atoms with E-state index < -0.39 is 0 Å². The summed E-state index contributed by atoms with van der Waals surface area (Å²) in [5.74, 6) is 1.26. The topological polar surface area (TPSA) is 66.2 Å². The lowest BCUT2D eigenvalue weighted by molar-refractivity contribution is -0.141. The van der Waals surface area contributed by atoms with E-state index in [0.717, 1.165) is 93.2 Å². The summed E-state index contributed by atoms with van der Waals surface area (Å²) in [5.41, 5.74) is 4.89. The molecule has 0 bridgehead atoms. The van der Waals surface area contributed by atoms with Gasteiger partial charge in [0.05, 0.1) is 22.7 Å². The molecule has 3 fully saturated rings. The van der Waals surface area contributed by atoms with Gasteiger partial charge in [0.15, 0.2) is 0 Å². The van der Waals surface area contributed by atoms with E-state index >= 15 is 0 Å². The predicted octanol–water partition coefficient (Wildman–Crippen LogP) is 5.30. The molecule has 2 aliphatic heterocycles. The minimum atomic E-state index is -0.274. The van der Waals surface area contributed by atoms with Gasteiger partial charge in [-0.2, -0.15) is 5.10 Å². The van der Waals surface area contributed by atoms with Crippen molar-refractivity contribution in [3.05, 3.63) is 47.9 Å². The zero-order chi connectivity index (χ0) is 29.1. The van der Waals surface area contributed by atoms with Gasteiger partial charge in [-0.3, -0.25) is 9.78 Å². The van der Waals surface area contributed by atoms with E-state index in [1.807, 2.05) is 17.1 Å². The van der Waals surface area contributed by atoms with E-state index in [0.29, 0.717) is 24.5 Å². The van der Waals surface area contributed by atoms with Crippen LogP contribution in [0.3, 0.4) is 0 Å². The Balaban J connectivity index is 1.30. The Hall–Kier alpha value is -2.97. The molecule has 1 saturated carbocycles. The molecule has 41 heavy (non-hydrogen) atoms. The van der Waals surface area contributed by atoms with Crippen molar-refractivity contribution in [3.8, 4) is 11.3 Å². The molecule has 0 aromatic carbocycles. The van der Waals surface area contributed by atoms with Crippen LogP contribution < -0.4 is 0 Å². The number of ether oxygens (including phenoxy) is 1. The van der Waals surface area contributed by atoms with Gasteiger partial charge < -0.3 is 19.4 Å². The summed E-state index contributed by atoms with van der Waals surface area (Å²) in [6, 6.07) is 7.00. The molecule has 4 heterocycles. The lowest BCUT2D eigenvalue weighted by Crippen LogP contribution is -2.51. The molecule has 0 radical (unpaired) electrons. The SMILES string of the molecule is C=Nn1cc(-c2ccc(C3(OCC)CCN(C(C)C)CC3)cn2)cc1/C(=C\C)N1CCN(C(=O)[C@H]2C[C@H](C)C2)CC1. The molecule has 1 aliphatic carbocycles. The van der Waals surface area contributed by atoms with Gasteiger partial charge >= 0.3 is 0 Å². The van der Waals surface area contributed by atoms with E-state index in [1.54, 1.807) is 0 Å². The van der Waals surface area contributed by atoms with Crippen LogP contribution in [0.4, 0.5) is 0 Å². The summed E-state index contributed by atoms with van der Waals surface area (Å²) in [6.45, 7) is 20.6. The van der Waals surface area contributed by atoms with Gasteiger partial charge in [0, 0.05) is 88.1 Å². The smallest absolute Gasteiger partial charge is 0.225 e. The minimum Gasteiger partial charge on any atom is -0.370 e. The van der Waals surface area contributed by atoms with Crippen LogP contribution in [0.2, 0.25) is 0 Å². The van der Waals surface area contributed by atoms with Crippen molar-refractivity contribution in [3.63, 3.8) is 0 Å². The molecule has 5 rings (SSSR count). The van der Waals surface area contributed by atoms with E-state index in [4.69, 9.17) is 9.72 Å². The van der Waals surface area contributed by atoms with Crippen LogP contribution in [-0.4, -0.2) is 88.9 Å². The Morgan fingerprint density at radius 2 is 1.83 bits per heavy atom. The summed E-state index contributed by atoms with van der Waals surface area (Å²) < 4.78 is 8.25. The van der Waals surface area contributed by atoms with Gasteiger partial charge in [-0.1, -0.05) is 19.1 Å². The second kappa shape index (κ2) is 12.5. The van der Waals surface area contributed by atoms with Crippen LogP contribution in [0.15, 0.2) is 41.8 Å². The average Bonchev–Trinajstić information content (AvgIpc) is 3.40. The fraction of sp³-hybridized carbons (Fsp3) is 0.606. The first-order valence-corrected chi connectivity index (χ1v) is 15.5. The van der Waals surface area contributed by atoms with Gasteiger partial charge in [-0.15, -0.1) is 0 Å². The fourth-order valence-electron chi connectivity index (χ4n) is 6.95. The summed E-state index contributed by atoms with van der Waals surface area (Å²) in [6.07, 6.45) is 10.2. The first-order valence-electron chi connectivity index (χ1n) is 15.5. The molecular weight excluding hydrogens is 512 g/mol. The Morgan fingerprint density at radius 3 is 2.37 bits per heavy atom. The number of aromatic nitrogens is 2. The van der Waals surface area contributed by atoms with Crippen LogP contribution in [0.5, 0.6) is 0 Å². The van der Waals surface area contributed by atoms with Crippen LogP contribution in [0.25, 0.3) is 17.0 Å². The average molecular weight is 561 g/mol. The highest BCUT2D eigenvalue weighted by Crippen LogP contribution is 2.38. The van der Waals surface area contributed by atoms with Gasteiger partial charge in [0.2, 0.25) is 5.91 Å². The molecule has 0 atom stereocenters. The Morgan fingerprint density at radius 1 is 1.15 bits per heavy atom. The highest BCUT2D eigenvalue weighted by molar-refractivity contribution is 5.80. The largest absolute Gasteiger partial charge is 0.370 e. The standard InChI is InChI=1S/C33H48N6O2/c1-7-30(37-15-17-38(18-16-37)32(40)26-19-25(5)20-26)31-21-27(23-39(31)34-6)29-10-9-28(22-35-29)33(41-8-2)11-13-36(14-12-33)24(3)4/h7,9-10,21-26H,6,8,11-20H2,1-5H3/b30-7+/t25-,26-. The molecule has 1 amide bonds. The van der Waals surface area contributed by atoms with Crippen LogP contribution in [0.1, 0.15) is 71.6 Å². The molecular formula is C33H48N6O2. The summed E-state index contributed by atoms with van der Waals surface area (Å²) in [5, 5.41) is 4.30. The van der Waals surface area contributed by atoms with Crippen molar-refractivity contribution in [2.45, 2.75) is 71.9 Å². The number of amides is 1. The number of pyridine rings is 1. The molecule has 2 aromatic rings. The van der Waals surface area contributed by atoms with Gasteiger partial charge in [-0.25, -0.2) is 4.68 Å². The molecule has 0 N–H and O–H groups in total. The number of piperidine rings is 1. The van der Waals surface area contributed by atoms with Gasteiger partial charge in [0.1, 0.15) is 0 Å². The molecule has 2 saturated heterocycles. The third kappa shape index (κ3) is 6.00. The lowest BCUT2D eigenvalue weighted by atomic mass is 9.75. The van der Waals surface area contributed by atoms with Crippen LogP contribution >= 0.6 is 0 Å². The summed E-state index contributed by atoms with van der Waals surface area (Å²) >= 11 is 0. The fourth-order valence-corrected chi connectivity index (χ4v) is 6.95. The number of rotatable bonds is 9. The molecule has 222 valence electrons. The highest BCUT2D eigenvalue weighted by Gasteiger charge is 2.38. The zero-order valence-corrected chi connectivity index (χ0v) is 25.7. The lowest BCUT2D eigenvalue weighted by Gasteiger charge is -2.43. The maximum Gasteiger partial charge on any atom is 0.225 e. The quantitative estimate of drug-likeness (QED) is 0.390. The number of likely N-dealkylation sites (tertiary alicyclic amines) is 1. The number of carbonyl (C=O) groups is 1. The maximum absolute atomic E-state index is 12.9. The molecule has 8 nitrogen and oxygen atoms in total. The maximum atomic E-state index is 12.9. The third-order valence-electron chi connectivity index (χ3n) is 9.49. The van der Waals surface area contributed by atoms with Crippen molar-refractivity contribution >= 4 is 18.3 Å². The molecule has 0 spiro atoms. The molecule has 3 aliphatic rings. The zero-order valence-electron chi connectivity index (χ0n) is 25.7. The molecule has 0 unspecified atom stereocenters. The van der Waals surface area contributed by atoms with E-state index in [1.165, 1.54) is 0 Å². The normalized spacial score (nSPS) is 23.5. The highest BCUT2D eigenvalue weighted by atomic mass is 16.5. The van der Waals surface area contributed by atoms with E-state index in [-0.39, 0.29) is 11.5 Å². The number of allylic oxidation sites excluding steroid dienone is 1. The third-order valence-corrected chi connectivity index (χ3v) is 9.49. The number of carbonyl (C=O) groups excluding carboxylic acids is 1. The monoisotopic (exact) mass is 560 g/mol. The van der Waals surface area contributed by atoms with E-state index in [9.17, 15) is 4.79 Å². The van der Waals surface area contributed by atoms with E-state index in [2.05, 4.69) is 85.4 Å². The van der Waals surface area contributed by atoms with Crippen molar-refractivity contribution in [2.75, 3.05) is 45.9 Å². The number of nitrogens with zero attached hydrogens (tertiary/aromatic N) is 6. The molecule has 8 heteroatoms. The summed E-state index contributed by atoms with van der Waals surface area (Å²) in [7, 11) is 0. The second-order valence-corrected chi connectivity index (χ2v) is 12.3.